The number of hydrogen-bond donors (Lipinski definition) is 2. The van der Waals surface area contributed by atoms with Gasteiger partial charge < -0.3 is 15.2 Å². The lowest BCUT2D eigenvalue weighted by atomic mass is 10.3. The molecule has 0 aliphatic carbocycles. The van der Waals surface area contributed by atoms with E-state index in [1.165, 1.54) is 0 Å². The fraction of sp³-hybridized carbons (Fsp3) is 0.579. The number of imidazole rings is 1. The quantitative estimate of drug-likeness (QED) is 0.234. The van der Waals surface area contributed by atoms with Gasteiger partial charge >= 0.3 is 0 Å². The van der Waals surface area contributed by atoms with Crippen LogP contribution in [0.15, 0.2) is 29.3 Å². The average Bonchev–Trinajstić information content (AvgIpc) is 3.17. The number of nitrogens with zero attached hydrogens (tertiary/aromatic N) is 4. The Hall–Kier alpha value is -1.40. The van der Waals surface area contributed by atoms with E-state index >= 15 is 0 Å². The van der Waals surface area contributed by atoms with Crippen LogP contribution >= 0.6 is 24.0 Å². The van der Waals surface area contributed by atoms with E-state index in [2.05, 4.69) is 31.2 Å². The summed E-state index contributed by atoms with van der Waals surface area (Å²) in [6, 6.07) is 8.17. The van der Waals surface area contributed by atoms with Crippen LogP contribution in [0.25, 0.3) is 11.0 Å². The molecule has 0 spiro atoms. The van der Waals surface area contributed by atoms with Crippen LogP contribution in [0, 0.1) is 6.92 Å². The zero-order chi connectivity index (χ0) is 20.0. The standard InChI is InChI=1S/C19H30N6O2S.HI/c1-3-20-19(22-11-14-24-12-7-15-28(24,26)27)21-10-6-13-25-16(2)23-17-8-4-5-9-18(17)25;/h4-5,8-9H,3,6-7,10-15H2,1-2H3,(H2,20,21,22);1H. The maximum atomic E-state index is 11.9. The second-order valence-electron chi connectivity index (χ2n) is 6.91. The number of aryl methyl sites for hydroxylation is 2. The monoisotopic (exact) mass is 534 g/mol. The number of fused-ring (bicyclic) bond motifs is 1. The Morgan fingerprint density at radius 2 is 2.03 bits per heavy atom. The lowest BCUT2D eigenvalue weighted by molar-refractivity contribution is 0.445. The van der Waals surface area contributed by atoms with Crippen LogP contribution in [0.1, 0.15) is 25.6 Å². The van der Waals surface area contributed by atoms with Crippen molar-refractivity contribution in [3.05, 3.63) is 30.1 Å². The van der Waals surface area contributed by atoms with Gasteiger partial charge in [-0.2, -0.15) is 0 Å². The van der Waals surface area contributed by atoms with Gasteiger partial charge in [0.1, 0.15) is 5.82 Å². The number of halogens is 1. The van der Waals surface area contributed by atoms with Gasteiger partial charge in [-0.1, -0.05) is 12.1 Å². The van der Waals surface area contributed by atoms with E-state index in [-0.39, 0.29) is 29.7 Å². The zero-order valence-electron chi connectivity index (χ0n) is 17.1. The normalized spacial score (nSPS) is 16.7. The number of sulfonamides is 1. The Bertz CT molecular complexity index is 928. The van der Waals surface area contributed by atoms with Crippen LogP contribution in [-0.2, 0) is 16.6 Å². The smallest absolute Gasteiger partial charge is 0.214 e. The van der Waals surface area contributed by atoms with Crippen LogP contribution < -0.4 is 10.6 Å². The molecular formula is C19H31IN6O2S. The minimum absolute atomic E-state index is 0. The molecule has 1 aromatic carbocycles. The number of aliphatic imine (C=N–C) groups is 1. The highest BCUT2D eigenvalue weighted by atomic mass is 127. The number of guanidine groups is 1. The van der Waals surface area contributed by atoms with E-state index in [9.17, 15) is 8.42 Å². The number of para-hydroxylation sites is 2. The number of hydrogen-bond acceptors (Lipinski definition) is 4. The Morgan fingerprint density at radius 1 is 1.24 bits per heavy atom. The average molecular weight is 534 g/mol. The summed E-state index contributed by atoms with van der Waals surface area (Å²) in [5.74, 6) is 2.01. The summed E-state index contributed by atoms with van der Waals surface area (Å²) < 4.78 is 27.5. The minimum atomic E-state index is -3.04. The van der Waals surface area contributed by atoms with Crippen LogP contribution in [0.3, 0.4) is 0 Å². The maximum absolute atomic E-state index is 11.9. The van der Waals surface area contributed by atoms with Gasteiger partial charge in [-0.15, -0.1) is 24.0 Å². The first-order chi connectivity index (χ1) is 13.5. The molecule has 10 heteroatoms. The molecule has 0 bridgehead atoms. The van der Waals surface area contributed by atoms with Crippen molar-refractivity contribution in [3.63, 3.8) is 0 Å². The van der Waals surface area contributed by atoms with Crippen molar-refractivity contribution in [2.75, 3.05) is 38.5 Å². The first kappa shape index (κ1) is 23.9. The van der Waals surface area contributed by atoms with Crippen LogP contribution in [0.4, 0.5) is 0 Å². The van der Waals surface area contributed by atoms with Crippen molar-refractivity contribution in [1.82, 2.24) is 24.5 Å². The van der Waals surface area contributed by atoms with Gasteiger partial charge in [0.2, 0.25) is 10.0 Å². The molecule has 1 saturated heterocycles. The Morgan fingerprint density at radius 3 is 2.76 bits per heavy atom. The maximum Gasteiger partial charge on any atom is 0.214 e. The Balaban J connectivity index is 0.00000300. The third-order valence-corrected chi connectivity index (χ3v) is 6.81. The first-order valence-electron chi connectivity index (χ1n) is 9.93. The Labute approximate surface area is 190 Å². The summed E-state index contributed by atoms with van der Waals surface area (Å²) in [7, 11) is -3.04. The van der Waals surface area contributed by atoms with Gasteiger partial charge in [-0.25, -0.2) is 17.7 Å². The first-order valence-corrected chi connectivity index (χ1v) is 11.5. The number of aromatic nitrogens is 2. The van der Waals surface area contributed by atoms with Gasteiger partial charge in [0.25, 0.3) is 0 Å². The molecule has 0 amide bonds. The summed E-state index contributed by atoms with van der Waals surface area (Å²) in [6.45, 7) is 8.01. The van der Waals surface area contributed by atoms with Crippen molar-refractivity contribution in [2.45, 2.75) is 33.2 Å². The molecule has 29 heavy (non-hydrogen) atoms. The van der Waals surface area contributed by atoms with E-state index in [0.29, 0.717) is 26.2 Å². The van der Waals surface area contributed by atoms with Crippen molar-refractivity contribution in [2.24, 2.45) is 4.99 Å². The summed E-state index contributed by atoms with van der Waals surface area (Å²) >= 11 is 0. The topological polar surface area (TPSA) is 91.6 Å². The number of rotatable bonds is 8. The summed E-state index contributed by atoms with van der Waals surface area (Å²) in [4.78, 5) is 9.21. The lowest BCUT2D eigenvalue weighted by Crippen LogP contribution is -2.42. The van der Waals surface area contributed by atoms with Crippen molar-refractivity contribution < 1.29 is 8.42 Å². The fourth-order valence-electron chi connectivity index (χ4n) is 3.48. The highest BCUT2D eigenvalue weighted by molar-refractivity contribution is 14.0. The van der Waals surface area contributed by atoms with Gasteiger partial charge in [-0.3, -0.25) is 4.99 Å². The molecule has 0 radical (unpaired) electrons. The largest absolute Gasteiger partial charge is 0.357 e. The fourth-order valence-corrected chi connectivity index (χ4v) is 5.01. The molecule has 3 rings (SSSR count). The SMILES string of the molecule is CCNC(=NCCCn1c(C)nc2ccccc21)NCCN1CCCS1(=O)=O.I. The molecule has 1 aliphatic rings. The highest BCUT2D eigenvalue weighted by Crippen LogP contribution is 2.15. The van der Waals surface area contributed by atoms with Crippen LogP contribution in [-0.4, -0.2) is 66.7 Å². The molecule has 0 atom stereocenters. The lowest BCUT2D eigenvalue weighted by Gasteiger charge is -2.16. The molecule has 1 aromatic heterocycles. The molecule has 2 aromatic rings. The van der Waals surface area contributed by atoms with E-state index in [4.69, 9.17) is 0 Å². The van der Waals surface area contributed by atoms with Crippen LogP contribution in [0.2, 0.25) is 0 Å². The van der Waals surface area contributed by atoms with Gasteiger partial charge in [0.15, 0.2) is 5.96 Å². The van der Waals surface area contributed by atoms with E-state index < -0.39 is 10.0 Å². The van der Waals surface area contributed by atoms with Crippen molar-refractivity contribution >= 4 is 51.0 Å². The van der Waals surface area contributed by atoms with Crippen molar-refractivity contribution in [1.29, 1.82) is 0 Å². The van der Waals surface area contributed by atoms with Crippen LogP contribution in [0.5, 0.6) is 0 Å². The number of benzene rings is 1. The number of nitrogens with one attached hydrogen (secondary N) is 2. The molecular weight excluding hydrogens is 503 g/mol. The molecule has 2 heterocycles. The van der Waals surface area contributed by atoms with Gasteiger partial charge in [-0.05, 0) is 38.8 Å². The summed E-state index contributed by atoms with van der Waals surface area (Å²) in [5, 5.41) is 6.45. The summed E-state index contributed by atoms with van der Waals surface area (Å²) in [6.07, 6.45) is 1.62. The highest BCUT2D eigenvalue weighted by Gasteiger charge is 2.27. The Kier molecular flexibility index (Phi) is 9.15. The molecule has 2 N–H and O–H groups in total. The predicted molar refractivity (Wildman–Crippen MR) is 128 cm³/mol. The predicted octanol–water partition coefficient (Wildman–Crippen LogP) is 1.94. The molecule has 1 fully saturated rings. The molecule has 162 valence electrons. The van der Waals surface area contributed by atoms with E-state index in [1.54, 1.807) is 4.31 Å². The zero-order valence-corrected chi connectivity index (χ0v) is 20.2. The molecule has 0 saturated carbocycles. The van der Waals surface area contributed by atoms with E-state index in [1.807, 2.05) is 32.0 Å². The second-order valence-corrected chi connectivity index (χ2v) is 9.00. The third kappa shape index (κ3) is 6.29. The third-order valence-electron chi connectivity index (χ3n) is 4.86. The van der Waals surface area contributed by atoms with Crippen molar-refractivity contribution in [3.8, 4) is 0 Å². The minimum Gasteiger partial charge on any atom is -0.357 e. The molecule has 0 unspecified atom stereocenters. The van der Waals surface area contributed by atoms with Gasteiger partial charge in [0.05, 0.1) is 16.8 Å². The second kappa shape index (κ2) is 11.1. The molecule has 8 nitrogen and oxygen atoms in total. The van der Waals surface area contributed by atoms with E-state index in [0.717, 1.165) is 48.7 Å². The van der Waals surface area contributed by atoms with Gasteiger partial charge in [0, 0.05) is 39.3 Å². The summed E-state index contributed by atoms with van der Waals surface area (Å²) in [5.41, 5.74) is 2.18. The molecule has 1 aliphatic heterocycles.